The average Bonchev–Trinajstić information content (AvgIpc) is 3.04. The van der Waals surface area contributed by atoms with Crippen LogP contribution in [-0.2, 0) is 4.79 Å². The smallest absolute Gasteiger partial charge is 0.272 e. The number of aromatic nitrogens is 2. The largest absolute Gasteiger partial charge is 0.358 e. The Balaban J connectivity index is 1.73. The van der Waals surface area contributed by atoms with Gasteiger partial charge in [0.05, 0.1) is 6.54 Å². The predicted molar refractivity (Wildman–Crippen MR) is 97.4 cm³/mol. The molecule has 0 atom stereocenters. The number of hydrogen-bond donors (Lipinski definition) is 2. The zero-order chi connectivity index (χ0) is 17.8. The van der Waals surface area contributed by atoms with Crippen LogP contribution in [-0.4, -0.2) is 70.9 Å². The molecular formula is C17H21N5O2S. The maximum absolute atomic E-state index is 12.9. The van der Waals surface area contributed by atoms with E-state index in [-0.39, 0.29) is 11.8 Å². The molecule has 25 heavy (non-hydrogen) atoms. The molecule has 0 bridgehead atoms. The first kappa shape index (κ1) is 17.4. The number of carbonyl (C=O) groups excluding carboxylic acids is 2. The van der Waals surface area contributed by atoms with E-state index in [1.807, 2.05) is 35.2 Å². The summed E-state index contributed by atoms with van der Waals surface area (Å²) < 4.78 is 2.25. The lowest BCUT2D eigenvalue weighted by molar-refractivity contribution is -0.122. The summed E-state index contributed by atoms with van der Waals surface area (Å²) in [5, 5.41) is 2.62. The molecule has 7 nitrogen and oxygen atoms in total. The minimum absolute atomic E-state index is 0.0110. The fourth-order valence-corrected chi connectivity index (χ4v) is 3.18. The van der Waals surface area contributed by atoms with Gasteiger partial charge in [0.25, 0.3) is 5.91 Å². The molecule has 1 aliphatic heterocycles. The maximum Gasteiger partial charge on any atom is 0.272 e. The van der Waals surface area contributed by atoms with Gasteiger partial charge in [0.15, 0.2) is 4.77 Å². The van der Waals surface area contributed by atoms with Gasteiger partial charge in [0.1, 0.15) is 5.69 Å². The number of hydrogen-bond acceptors (Lipinski definition) is 4. The number of nitrogens with one attached hydrogen (secondary N) is 2. The van der Waals surface area contributed by atoms with Gasteiger partial charge in [-0.3, -0.25) is 19.1 Å². The van der Waals surface area contributed by atoms with Crippen LogP contribution < -0.4 is 5.32 Å². The number of imidazole rings is 1. The number of amides is 2. The first-order valence-electron chi connectivity index (χ1n) is 8.18. The topological polar surface area (TPSA) is 73.4 Å². The minimum Gasteiger partial charge on any atom is -0.358 e. The molecule has 2 aromatic rings. The fourth-order valence-electron chi connectivity index (χ4n) is 2.91. The number of likely N-dealkylation sites (N-methyl/N-ethyl adjacent to an activating group) is 1. The molecule has 1 aromatic heterocycles. The van der Waals surface area contributed by atoms with Gasteiger partial charge in [-0.25, -0.2) is 0 Å². The fraction of sp³-hybridized carbons (Fsp3) is 0.353. The Labute approximate surface area is 151 Å². The zero-order valence-electron chi connectivity index (χ0n) is 14.1. The molecule has 8 heteroatoms. The molecule has 132 valence electrons. The molecule has 1 fully saturated rings. The molecule has 1 aliphatic rings. The number of benzene rings is 1. The second kappa shape index (κ2) is 7.62. The lowest BCUT2D eigenvalue weighted by Gasteiger charge is -2.34. The summed E-state index contributed by atoms with van der Waals surface area (Å²) in [5.74, 6) is -0.0705. The van der Waals surface area contributed by atoms with Crippen LogP contribution in [0.25, 0.3) is 5.69 Å². The van der Waals surface area contributed by atoms with Crippen LogP contribution >= 0.6 is 12.2 Å². The van der Waals surface area contributed by atoms with Crippen molar-refractivity contribution in [3.05, 3.63) is 47.0 Å². The Morgan fingerprint density at radius 3 is 2.48 bits per heavy atom. The predicted octanol–water partition coefficient (Wildman–Crippen LogP) is 1.04. The molecule has 0 spiro atoms. The third-order valence-corrected chi connectivity index (χ3v) is 4.62. The summed E-state index contributed by atoms with van der Waals surface area (Å²) in [4.78, 5) is 31.2. The van der Waals surface area contributed by atoms with Crippen molar-refractivity contribution < 1.29 is 9.59 Å². The number of H-pyrrole nitrogens is 1. The molecule has 1 aromatic carbocycles. The average molecular weight is 359 g/mol. The molecule has 0 aliphatic carbocycles. The van der Waals surface area contributed by atoms with E-state index in [2.05, 4.69) is 10.3 Å². The highest BCUT2D eigenvalue weighted by molar-refractivity contribution is 7.71. The Hall–Kier alpha value is -2.45. The molecule has 0 radical (unpaired) electrons. The van der Waals surface area contributed by atoms with E-state index in [4.69, 9.17) is 12.2 Å². The minimum atomic E-state index is -0.0594. The third kappa shape index (κ3) is 3.80. The summed E-state index contributed by atoms with van der Waals surface area (Å²) in [6, 6.07) is 9.59. The van der Waals surface area contributed by atoms with E-state index in [1.54, 1.807) is 22.7 Å². The van der Waals surface area contributed by atoms with Gasteiger partial charge < -0.3 is 15.2 Å². The summed E-state index contributed by atoms with van der Waals surface area (Å²) in [6.07, 6.45) is 1.66. The zero-order valence-corrected chi connectivity index (χ0v) is 14.9. The molecule has 0 unspecified atom stereocenters. The van der Waals surface area contributed by atoms with Crippen molar-refractivity contribution in [3.63, 3.8) is 0 Å². The van der Waals surface area contributed by atoms with Crippen LogP contribution in [0.3, 0.4) is 0 Å². The highest BCUT2D eigenvalue weighted by atomic mass is 32.1. The van der Waals surface area contributed by atoms with Gasteiger partial charge in [-0.2, -0.15) is 0 Å². The second-order valence-corrected chi connectivity index (χ2v) is 6.28. The normalized spacial score (nSPS) is 15.2. The van der Waals surface area contributed by atoms with Crippen molar-refractivity contribution in [3.8, 4) is 5.69 Å². The first-order chi connectivity index (χ1) is 12.1. The number of nitrogens with zero attached hydrogens (tertiary/aromatic N) is 3. The number of piperazine rings is 1. The highest BCUT2D eigenvalue weighted by Crippen LogP contribution is 2.15. The molecule has 0 saturated carbocycles. The van der Waals surface area contributed by atoms with Crippen LogP contribution in [0.5, 0.6) is 0 Å². The van der Waals surface area contributed by atoms with Crippen LogP contribution in [0.1, 0.15) is 10.5 Å². The van der Waals surface area contributed by atoms with E-state index in [0.29, 0.717) is 43.2 Å². The first-order valence-corrected chi connectivity index (χ1v) is 8.59. The van der Waals surface area contributed by atoms with Crippen molar-refractivity contribution in [1.82, 2.24) is 24.7 Å². The maximum atomic E-state index is 12.9. The summed E-state index contributed by atoms with van der Waals surface area (Å²) in [6.45, 7) is 2.89. The quantitative estimate of drug-likeness (QED) is 0.800. The van der Waals surface area contributed by atoms with Gasteiger partial charge in [-0.15, -0.1) is 0 Å². The van der Waals surface area contributed by atoms with Crippen LogP contribution in [0, 0.1) is 4.77 Å². The number of rotatable bonds is 4. The second-order valence-electron chi connectivity index (χ2n) is 5.89. The number of para-hydroxylation sites is 1. The van der Waals surface area contributed by atoms with E-state index in [1.165, 1.54) is 0 Å². The molecule has 2 amide bonds. The van der Waals surface area contributed by atoms with Crippen LogP contribution in [0.4, 0.5) is 0 Å². The standard InChI is InChI=1S/C17H21N5O2S/c1-18-15(23)12-20-7-9-21(10-8-20)16(24)14-11-19-17(25)22(14)13-5-3-2-4-6-13/h2-6,11H,7-10,12H2,1H3,(H,18,23)(H,19,25). The van der Waals surface area contributed by atoms with Crippen LogP contribution in [0.2, 0.25) is 0 Å². The van der Waals surface area contributed by atoms with Gasteiger partial charge >= 0.3 is 0 Å². The van der Waals surface area contributed by atoms with Crippen molar-refractivity contribution >= 4 is 24.0 Å². The van der Waals surface area contributed by atoms with E-state index >= 15 is 0 Å². The molecular weight excluding hydrogens is 338 g/mol. The molecule has 2 N–H and O–H groups in total. The highest BCUT2D eigenvalue weighted by Gasteiger charge is 2.25. The van der Waals surface area contributed by atoms with E-state index in [0.717, 1.165) is 5.69 Å². The van der Waals surface area contributed by atoms with Gasteiger partial charge in [0.2, 0.25) is 5.91 Å². The van der Waals surface area contributed by atoms with Crippen molar-refractivity contribution in [2.45, 2.75) is 0 Å². The van der Waals surface area contributed by atoms with E-state index in [9.17, 15) is 9.59 Å². The van der Waals surface area contributed by atoms with Gasteiger partial charge in [0, 0.05) is 45.1 Å². The Kier molecular flexibility index (Phi) is 5.30. The lowest BCUT2D eigenvalue weighted by Crippen LogP contribution is -2.51. The summed E-state index contributed by atoms with van der Waals surface area (Å²) >= 11 is 5.34. The monoisotopic (exact) mass is 359 g/mol. The van der Waals surface area contributed by atoms with Crippen molar-refractivity contribution in [2.24, 2.45) is 0 Å². The van der Waals surface area contributed by atoms with Crippen LogP contribution in [0.15, 0.2) is 36.5 Å². The molecule has 1 saturated heterocycles. The lowest BCUT2D eigenvalue weighted by atomic mass is 10.2. The summed E-state index contributed by atoms with van der Waals surface area (Å²) in [7, 11) is 1.63. The van der Waals surface area contributed by atoms with Crippen molar-refractivity contribution in [1.29, 1.82) is 0 Å². The summed E-state index contributed by atoms with van der Waals surface area (Å²) in [5.41, 5.74) is 1.38. The molecule has 2 heterocycles. The number of carbonyl (C=O) groups is 2. The Morgan fingerprint density at radius 2 is 1.84 bits per heavy atom. The van der Waals surface area contributed by atoms with Gasteiger partial charge in [-0.1, -0.05) is 18.2 Å². The van der Waals surface area contributed by atoms with Gasteiger partial charge in [-0.05, 0) is 24.4 Å². The SMILES string of the molecule is CNC(=O)CN1CCN(C(=O)c2c[nH]c(=S)n2-c2ccccc2)CC1. The third-order valence-electron chi connectivity index (χ3n) is 4.32. The van der Waals surface area contributed by atoms with Crippen molar-refractivity contribution in [2.75, 3.05) is 39.8 Å². The Bertz CT molecular complexity index is 806. The molecule has 3 rings (SSSR count). The van der Waals surface area contributed by atoms with E-state index < -0.39 is 0 Å². The Morgan fingerprint density at radius 1 is 1.16 bits per heavy atom. The number of aromatic amines is 1.